The van der Waals surface area contributed by atoms with E-state index in [0.717, 1.165) is 18.0 Å². The molecule has 0 spiro atoms. The van der Waals surface area contributed by atoms with E-state index in [1.165, 1.54) is 16.7 Å². The van der Waals surface area contributed by atoms with E-state index in [4.69, 9.17) is 9.47 Å². The fourth-order valence-electron chi connectivity index (χ4n) is 2.83. The minimum atomic E-state index is 0.385. The maximum atomic E-state index is 5.67. The first kappa shape index (κ1) is 15.9. The molecule has 1 atom stereocenters. The van der Waals surface area contributed by atoms with Gasteiger partial charge in [-0.25, -0.2) is 0 Å². The lowest BCUT2D eigenvalue weighted by molar-refractivity contribution is -0.707. The minimum Gasteiger partial charge on any atom is -0.486 e. The molecule has 3 nitrogen and oxygen atoms in total. The van der Waals surface area contributed by atoms with Crippen molar-refractivity contribution in [3.8, 4) is 11.5 Å². The SMILES string of the molecule is CC(C)c1ccc(C[NH2+][C@H](C)c2ccc3c(c2)OCCO3)cc1. The predicted octanol–water partition coefficient (Wildman–Crippen LogP) is 3.41. The van der Waals surface area contributed by atoms with E-state index >= 15 is 0 Å². The third-order valence-corrected chi connectivity index (χ3v) is 4.45. The number of fused-ring (bicyclic) bond motifs is 1. The van der Waals surface area contributed by atoms with Crippen molar-refractivity contribution >= 4 is 0 Å². The Morgan fingerprint density at radius 3 is 2.22 bits per heavy atom. The summed E-state index contributed by atoms with van der Waals surface area (Å²) >= 11 is 0. The lowest BCUT2D eigenvalue weighted by atomic mass is 10.0. The van der Waals surface area contributed by atoms with E-state index in [0.29, 0.717) is 25.2 Å². The fourth-order valence-corrected chi connectivity index (χ4v) is 2.83. The summed E-state index contributed by atoms with van der Waals surface area (Å²) in [6.45, 7) is 8.94. The van der Waals surface area contributed by atoms with Crippen LogP contribution in [0.1, 0.15) is 49.4 Å². The maximum Gasteiger partial charge on any atom is 0.161 e. The highest BCUT2D eigenvalue weighted by molar-refractivity contribution is 5.44. The number of benzene rings is 2. The number of rotatable bonds is 5. The molecule has 0 saturated heterocycles. The zero-order valence-corrected chi connectivity index (χ0v) is 14.2. The number of hydrogen-bond donors (Lipinski definition) is 1. The first-order valence-electron chi connectivity index (χ1n) is 8.45. The van der Waals surface area contributed by atoms with Gasteiger partial charge < -0.3 is 14.8 Å². The van der Waals surface area contributed by atoms with E-state index in [2.05, 4.69) is 62.5 Å². The molecule has 2 aromatic rings. The van der Waals surface area contributed by atoms with Crippen LogP contribution >= 0.6 is 0 Å². The first-order chi connectivity index (χ1) is 11.1. The van der Waals surface area contributed by atoms with Crippen LogP contribution in [0.2, 0.25) is 0 Å². The molecule has 122 valence electrons. The van der Waals surface area contributed by atoms with Crippen molar-refractivity contribution in [1.82, 2.24) is 0 Å². The summed E-state index contributed by atoms with van der Waals surface area (Å²) in [6.07, 6.45) is 0. The maximum absolute atomic E-state index is 5.67. The lowest BCUT2D eigenvalue weighted by Crippen LogP contribution is -2.83. The largest absolute Gasteiger partial charge is 0.486 e. The molecule has 0 amide bonds. The topological polar surface area (TPSA) is 35.1 Å². The highest BCUT2D eigenvalue weighted by Crippen LogP contribution is 2.31. The predicted molar refractivity (Wildman–Crippen MR) is 92.0 cm³/mol. The minimum absolute atomic E-state index is 0.385. The molecule has 0 saturated carbocycles. The standard InChI is InChI=1S/C20H25NO2/c1-14(2)17-6-4-16(5-7-17)13-21-15(3)18-8-9-19-20(12-18)23-11-10-22-19/h4-9,12,14-15,21H,10-11,13H2,1-3H3/p+1/t15-/m1/s1. The highest BCUT2D eigenvalue weighted by Gasteiger charge is 2.16. The van der Waals surface area contributed by atoms with Crippen LogP contribution in [0, 0.1) is 0 Å². The number of hydrogen-bond acceptors (Lipinski definition) is 2. The molecule has 3 rings (SSSR count). The Kier molecular flexibility index (Phi) is 4.87. The van der Waals surface area contributed by atoms with Crippen molar-refractivity contribution in [2.24, 2.45) is 0 Å². The molecule has 3 heteroatoms. The van der Waals surface area contributed by atoms with Crippen LogP contribution in [0.3, 0.4) is 0 Å². The average Bonchev–Trinajstić information content (AvgIpc) is 2.59. The molecule has 1 aliphatic heterocycles. The molecule has 0 fully saturated rings. The van der Waals surface area contributed by atoms with Gasteiger partial charge in [0.15, 0.2) is 11.5 Å². The van der Waals surface area contributed by atoms with Crippen LogP contribution in [0.4, 0.5) is 0 Å². The summed E-state index contributed by atoms with van der Waals surface area (Å²) in [5.74, 6) is 2.32. The monoisotopic (exact) mass is 312 g/mol. The van der Waals surface area contributed by atoms with Crippen molar-refractivity contribution in [1.29, 1.82) is 0 Å². The van der Waals surface area contributed by atoms with Gasteiger partial charge in [0.05, 0.1) is 0 Å². The van der Waals surface area contributed by atoms with E-state index in [-0.39, 0.29) is 0 Å². The van der Waals surface area contributed by atoms with Crippen molar-refractivity contribution in [2.75, 3.05) is 13.2 Å². The summed E-state index contributed by atoms with van der Waals surface area (Å²) in [6, 6.07) is 15.6. The fraction of sp³-hybridized carbons (Fsp3) is 0.400. The van der Waals surface area contributed by atoms with Crippen molar-refractivity contribution in [2.45, 2.75) is 39.3 Å². The van der Waals surface area contributed by atoms with Crippen LogP contribution in [0.25, 0.3) is 0 Å². The van der Waals surface area contributed by atoms with Crippen LogP contribution in [-0.2, 0) is 6.54 Å². The van der Waals surface area contributed by atoms with Crippen LogP contribution in [0.15, 0.2) is 42.5 Å². The van der Waals surface area contributed by atoms with Gasteiger partial charge in [-0.3, -0.25) is 0 Å². The quantitative estimate of drug-likeness (QED) is 0.918. The molecule has 0 aliphatic carbocycles. The number of nitrogens with two attached hydrogens (primary N) is 1. The second-order valence-corrected chi connectivity index (χ2v) is 6.53. The normalized spacial score (nSPS) is 14.8. The Hall–Kier alpha value is -2.00. The molecule has 0 aromatic heterocycles. The molecule has 1 heterocycles. The molecular formula is C20H26NO2+. The second kappa shape index (κ2) is 7.05. The molecule has 0 bridgehead atoms. The average molecular weight is 312 g/mol. The van der Waals surface area contributed by atoms with Crippen LogP contribution < -0.4 is 14.8 Å². The summed E-state index contributed by atoms with van der Waals surface area (Å²) in [5, 5.41) is 2.36. The summed E-state index contributed by atoms with van der Waals surface area (Å²) in [5.41, 5.74) is 4.03. The third-order valence-electron chi connectivity index (χ3n) is 4.45. The molecule has 1 aliphatic rings. The van der Waals surface area contributed by atoms with E-state index in [9.17, 15) is 0 Å². The molecular weight excluding hydrogens is 286 g/mol. The number of ether oxygens (including phenoxy) is 2. The summed E-state index contributed by atoms with van der Waals surface area (Å²) in [7, 11) is 0. The van der Waals surface area contributed by atoms with Crippen LogP contribution in [0.5, 0.6) is 11.5 Å². The molecule has 0 unspecified atom stereocenters. The van der Waals surface area contributed by atoms with Crippen molar-refractivity contribution in [3.05, 3.63) is 59.2 Å². The zero-order valence-electron chi connectivity index (χ0n) is 14.2. The second-order valence-electron chi connectivity index (χ2n) is 6.53. The molecule has 2 N–H and O–H groups in total. The van der Waals surface area contributed by atoms with Gasteiger partial charge in [0, 0.05) is 11.1 Å². The Morgan fingerprint density at radius 1 is 0.870 bits per heavy atom. The number of quaternary nitrogens is 1. The zero-order chi connectivity index (χ0) is 16.2. The van der Waals surface area contributed by atoms with Gasteiger partial charge in [0.25, 0.3) is 0 Å². The van der Waals surface area contributed by atoms with Gasteiger partial charge in [-0.15, -0.1) is 0 Å². The molecule has 0 radical (unpaired) electrons. The lowest BCUT2D eigenvalue weighted by Gasteiger charge is -2.20. The Morgan fingerprint density at radius 2 is 1.52 bits per heavy atom. The summed E-state index contributed by atoms with van der Waals surface area (Å²) in [4.78, 5) is 0. The van der Waals surface area contributed by atoms with Gasteiger partial charge in [0.2, 0.25) is 0 Å². The van der Waals surface area contributed by atoms with E-state index in [1.807, 2.05) is 6.07 Å². The summed E-state index contributed by atoms with van der Waals surface area (Å²) < 4.78 is 11.3. The van der Waals surface area contributed by atoms with Gasteiger partial charge >= 0.3 is 0 Å². The molecule has 2 aromatic carbocycles. The van der Waals surface area contributed by atoms with Gasteiger partial charge in [-0.05, 0) is 36.6 Å². The van der Waals surface area contributed by atoms with Crippen molar-refractivity contribution < 1.29 is 14.8 Å². The van der Waals surface area contributed by atoms with E-state index in [1.54, 1.807) is 0 Å². The smallest absolute Gasteiger partial charge is 0.161 e. The van der Waals surface area contributed by atoms with Crippen molar-refractivity contribution in [3.63, 3.8) is 0 Å². The molecule has 23 heavy (non-hydrogen) atoms. The first-order valence-corrected chi connectivity index (χ1v) is 8.45. The van der Waals surface area contributed by atoms with E-state index < -0.39 is 0 Å². The van der Waals surface area contributed by atoms with Gasteiger partial charge in [-0.1, -0.05) is 38.1 Å². The van der Waals surface area contributed by atoms with Crippen LogP contribution in [-0.4, -0.2) is 13.2 Å². The highest BCUT2D eigenvalue weighted by atomic mass is 16.6. The third kappa shape index (κ3) is 3.85. The Balaban J connectivity index is 1.61. The van der Waals surface area contributed by atoms with Gasteiger partial charge in [0.1, 0.15) is 25.8 Å². The Bertz CT molecular complexity index is 649. The van der Waals surface area contributed by atoms with Gasteiger partial charge in [-0.2, -0.15) is 0 Å². The Labute approximate surface area is 138 Å².